The summed E-state index contributed by atoms with van der Waals surface area (Å²) >= 11 is 0. The molecule has 0 spiro atoms. The monoisotopic (exact) mass is 486 g/mol. The number of benzene rings is 2. The Morgan fingerprint density at radius 3 is 2.63 bits per heavy atom. The first-order valence-electron chi connectivity index (χ1n) is 11.4. The average molecular weight is 487 g/mol. The number of pyridine rings is 1. The lowest BCUT2D eigenvalue weighted by atomic mass is 10.0. The normalized spacial score (nSPS) is 15.8. The van der Waals surface area contributed by atoms with Crippen LogP contribution in [0.3, 0.4) is 0 Å². The molecule has 8 heteroatoms. The van der Waals surface area contributed by atoms with Crippen LogP contribution < -0.4 is 10.2 Å². The number of nitrogens with zero attached hydrogens (tertiary/aromatic N) is 3. The molecule has 0 fully saturated rings. The van der Waals surface area contributed by atoms with Gasteiger partial charge in [0.2, 0.25) is 10.0 Å². The number of hydrogen-bond donors (Lipinski definition) is 1. The fourth-order valence-corrected chi connectivity index (χ4v) is 5.49. The highest BCUT2D eigenvalue weighted by Crippen LogP contribution is 2.23. The number of fused-ring (bicyclic) bond motifs is 2. The molecule has 178 valence electrons. The van der Waals surface area contributed by atoms with E-state index in [1.54, 1.807) is 24.4 Å². The van der Waals surface area contributed by atoms with Crippen LogP contribution in [-0.4, -0.2) is 38.2 Å². The van der Waals surface area contributed by atoms with E-state index in [0.717, 1.165) is 28.6 Å². The minimum absolute atomic E-state index is 0.0770. The Balaban J connectivity index is 1.48. The van der Waals surface area contributed by atoms with Crippen molar-refractivity contribution in [1.29, 1.82) is 0 Å². The lowest BCUT2D eigenvalue weighted by Crippen LogP contribution is -2.25. The van der Waals surface area contributed by atoms with Crippen molar-refractivity contribution in [3.63, 3.8) is 0 Å². The van der Waals surface area contributed by atoms with E-state index in [1.165, 1.54) is 0 Å². The molecular formula is C27H26N4O3S. The van der Waals surface area contributed by atoms with Gasteiger partial charge in [0.05, 0.1) is 11.3 Å². The third-order valence-electron chi connectivity index (χ3n) is 6.40. The first-order chi connectivity index (χ1) is 16.8. The average Bonchev–Trinajstić information content (AvgIpc) is 3.22. The molecule has 0 radical (unpaired) electrons. The summed E-state index contributed by atoms with van der Waals surface area (Å²) in [4.78, 5) is 18.1. The van der Waals surface area contributed by atoms with Crippen molar-refractivity contribution in [2.75, 3.05) is 13.6 Å². The van der Waals surface area contributed by atoms with Crippen LogP contribution >= 0.6 is 0 Å². The minimum Gasteiger partial charge on any atom is -0.299 e. The molecule has 1 atom stereocenters. The third kappa shape index (κ3) is 4.94. The van der Waals surface area contributed by atoms with Crippen LogP contribution in [0.5, 0.6) is 0 Å². The van der Waals surface area contributed by atoms with Crippen LogP contribution in [0.2, 0.25) is 0 Å². The molecule has 3 aromatic carbocycles. The molecule has 0 aliphatic carbocycles. The Hall–Kier alpha value is -3.62. The van der Waals surface area contributed by atoms with Crippen molar-refractivity contribution in [2.24, 2.45) is 5.10 Å². The highest BCUT2D eigenvalue weighted by molar-refractivity contribution is 7.88. The molecule has 0 saturated carbocycles. The van der Waals surface area contributed by atoms with E-state index in [-0.39, 0.29) is 23.6 Å². The molecule has 0 bridgehead atoms. The number of likely N-dealkylation sites (N-methyl/N-ethyl adjacent to an activating group) is 1. The van der Waals surface area contributed by atoms with Gasteiger partial charge in [0.1, 0.15) is 0 Å². The summed E-state index contributed by atoms with van der Waals surface area (Å²) in [6.45, 7) is 2.91. The zero-order valence-corrected chi connectivity index (χ0v) is 20.4. The second kappa shape index (κ2) is 9.20. The second-order valence-electron chi connectivity index (χ2n) is 9.00. The summed E-state index contributed by atoms with van der Waals surface area (Å²) in [5.41, 5.74) is 3.88. The Morgan fingerprint density at radius 2 is 1.86 bits per heavy atom. The predicted molar refractivity (Wildman–Crippen MR) is 140 cm³/mol. The second-order valence-corrected chi connectivity index (χ2v) is 10.8. The molecule has 2 heterocycles. The summed E-state index contributed by atoms with van der Waals surface area (Å²) in [5.74, 6) is -0.132. The molecule has 1 unspecified atom stereocenters. The van der Waals surface area contributed by atoms with Crippen molar-refractivity contribution in [1.82, 2.24) is 14.7 Å². The highest BCUT2D eigenvalue weighted by atomic mass is 32.2. The Kier molecular flexibility index (Phi) is 6.08. The van der Waals surface area contributed by atoms with E-state index >= 15 is 0 Å². The smallest absolute Gasteiger partial charge is 0.216 e. The van der Waals surface area contributed by atoms with Gasteiger partial charge in [0.15, 0.2) is 5.43 Å². The van der Waals surface area contributed by atoms with Gasteiger partial charge in [-0.05, 0) is 52.8 Å². The molecule has 1 aliphatic heterocycles. The fourth-order valence-electron chi connectivity index (χ4n) is 4.39. The van der Waals surface area contributed by atoms with Crippen LogP contribution in [0, 0.1) is 6.92 Å². The molecule has 1 aliphatic rings. The maximum atomic E-state index is 13.5. The predicted octanol–water partition coefficient (Wildman–Crippen LogP) is 3.69. The van der Waals surface area contributed by atoms with E-state index in [4.69, 9.17) is 0 Å². The van der Waals surface area contributed by atoms with Crippen molar-refractivity contribution in [3.05, 3.63) is 99.3 Å². The highest BCUT2D eigenvalue weighted by Gasteiger charge is 2.18. The third-order valence-corrected chi connectivity index (χ3v) is 7.70. The lowest BCUT2D eigenvalue weighted by molar-refractivity contribution is 0.381. The molecule has 0 amide bonds. The van der Waals surface area contributed by atoms with Gasteiger partial charge >= 0.3 is 0 Å². The number of hydrazone groups is 1. The van der Waals surface area contributed by atoms with E-state index in [1.807, 2.05) is 67.7 Å². The molecule has 7 nitrogen and oxygen atoms in total. The zero-order chi connectivity index (χ0) is 24.6. The van der Waals surface area contributed by atoms with Gasteiger partial charge in [0, 0.05) is 49.2 Å². The molecule has 1 aromatic heterocycles. The largest absolute Gasteiger partial charge is 0.299 e. The van der Waals surface area contributed by atoms with Crippen LogP contribution in [0.1, 0.15) is 28.2 Å². The van der Waals surface area contributed by atoms with Crippen LogP contribution in [0.25, 0.3) is 21.7 Å². The number of rotatable bonds is 6. The van der Waals surface area contributed by atoms with E-state index in [9.17, 15) is 13.2 Å². The Labute approximate surface area is 204 Å². The van der Waals surface area contributed by atoms with Crippen LogP contribution in [0.4, 0.5) is 0 Å². The van der Waals surface area contributed by atoms with E-state index < -0.39 is 10.0 Å². The first kappa shape index (κ1) is 23.1. The van der Waals surface area contributed by atoms with Gasteiger partial charge in [-0.1, -0.05) is 42.5 Å². The van der Waals surface area contributed by atoms with Gasteiger partial charge in [-0.25, -0.2) is 13.1 Å². The Bertz CT molecular complexity index is 1630. The number of nitrogens with one attached hydrogen (secondary N) is 1. The SMILES string of the molecule is Cc1ccccc1CNS(=O)(=O)Cc1ccc2ccc3ncc(C4C=NN(C)C4)cc3c(=O)c2c1. The number of hydrogen-bond acceptors (Lipinski definition) is 6. The molecular weight excluding hydrogens is 460 g/mol. The topological polar surface area (TPSA) is 91.7 Å². The maximum Gasteiger partial charge on any atom is 0.216 e. The molecule has 35 heavy (non-hydrogen) atoms. The summed E-state index contributed by atoms with van der Waals surface area (Å²) in [7, 11) is -1.69. The van der Waals surface area contributed by atoms with Gasteiger partial charge in [0.25, 0.3) is 0 Å². The Morgan fingerprint density at radius 1 is 1.06 bits per heavy atom. The molecule has 5 rings (SSSR count). The number of aryl methyl sites for hydroxylation is 1. The van der Waals surface area contributed by atoms with Gasteiger partial charge in [-0.2, -0.15) is 5.10 Å². The van der Waals surface area contributed by atoms with Crippen LogP contribution in [0.15, 0.2) is 76.8 Å². The van der Waals surface area contributed by atoms with Gasteiger partial charge in [-0.15, -0.1) is 0 Å². The van der Waals surface area contributed by atoms with E-state index in [0.29, 0.717) is 21.9 Å². The van der Waals surface area contributed by atoms with Crippen molar-refractivity contribution >= 4 is 37.9 Å². The van der Waals surface area contributed by atoms with Crippen molar-refractivity contribution in [2.45, 2.75) is 25.1 Å². The zero-order valence-electron chi connectivity index (χ0n) is 19.6. The van der Waals surface area contributed by atoms with Crippen molar-refractivity contribution in [3.8, 4) is 0 Å². The molecule has 0 saturated heterocycles. The van der Waals surface area contributed by atoms with Gasteiger partial charge in [-0.3, -0.25) is 14.8 Å². The summed E-state index contributed by atoms with van der Waals surface area (Å²) < 4.78 is 28.2. The fraction of sp³-hybridized carbons (Fsp3) is 0.222. The summed E-state index contributed by atoms with van der Waals surface area (Å²) in [6, 6.07) is 18.5. The maximum absolute atomic E-state index is 13.5. The summed E-state index contributed by atoms with van der Waals surface area (Å²) in [6.07, 6.45) is 3.65. The quantitative estimate of drug-likeness (QED) is 0.449. The van der Waals surface area contributed by atoms with Crippen molar-refractivity contribution < 1.29 is 8.42 Å². The molecule has 4 aromatic rings. The molecule has 1 N–H and O–H groups in total. The number of aromatic nitrogens is 1. The lowest BCUT2D eigenvalue weighted by Gasteiger charge is -2.10. The van der Waals surface area contributed by atoms with E-state index in [2.05, 4.69) is 14.8 Å². The number of sulfonamides is 1. The van der Waals surface area contributed by atoms with Crippen LogP contribution in [-0.2, 0) is 22.3 Å². The van der Waals surface area contributed by atoms with Gasteiger partial charge < -0.3 is 0 Å². The standard InChI is InChI=1S/C27H26N4O3S/c1-18-5-3-4-6-21(18)15-30-35(33,34)17-19-7-8-20-9-10-26-25(27(32)24(20)11-19)12-22(13-28-26)23-14-29-31(2)16-23/h3-14,23,30H,15-17H2,1-2H3. The first-order valence-corrected chi connectivity index (χ1v) is 13.1. The minimum atomic E-state index is -3.60. The summed E-state index contributed by atoms with van der Waals surface area (Å²) in [5, 5.41) is 7.87.